The molecule has 0 aliphatic heterocycles. The van der Waals surface area contributed by atoms with E-state index in [4.69, 9.17) is 5.73 Å². The summed E-state index contributed by atoms with van der Waals surface area (Å²) in [4.78, 5) is 0. The molecule has 2 rings (SSSR count). The van der Waals surface area contributed by atoms with Crippen molar-refractivity contribution in [1.82, 2.24) is 9.78 Å². The average Bonchev–Trinajstić information content (AvgIpc) is 2.43. The summed E-state index contributed by atoms with van der Waals surface area (Å²) >= 11 is 0. The topological polar surface area (TPSA) is 43.8 Å². The normalized spacial score (nSPS) is 13.5. The quantitative estimate of drug-likeness (QED) is 0.715. The van der Waals surface area contributed by atoms with Gasteiger partial charge in [-0.25, -0.2) is 0 Å². The molecule has 3 heteroatoms. The van der Waals surface area contributed by atoms with Crippen LogP contribution in [0.2, 0.25) is 0 Å². The van der Waals surface area contributed by atoms with E-state index in [0.717, 1.165) is 16.5 Å². The summed E-state index contributed by atoms with van der Waals surface area (Å²) in [5, 5.41) is 5.52. The van der Waals surface area contributed by atoms with Gasteiger partial charge >= 0.3 is 0 Å². The van der Waals surface area contributed by atoms with Crippen molar-refractivity contribution in [3.05, 3.63) is 30.0 Å². The molecule has 0 saturated heterocycles. The highest BCUT2D eigenvalue weighted by Gasteiger charge is 2.07. The number of hydrogen-bond donors (Lipinski definition) is 1. The van der Waals surface area contributed by atoms with Gasteiger partial charge in [0.1, 0.15) is 0 Å². The van der Waals surface area contributed by atoms with Crippen LogP contribution in [0.1, 0.15) is 18.5 Å². The van der Waals surface area contributed by atoms with Crippen LogP contribution in [0.15, 0.2) is 24.4 Å². The van der Waals surface area contributed by atoms with Crippen molar-refractivity contribution in [2.45, 2.75) is 13.0 Å². The maximum Gasteiger partial charge on any atom is 0.0970 e. The molecule has 68 valence electrons. The van der Waals surface area contributed by atoms with Gasteiger partial charge in [-0.1, -0.05) is 18.2 Å². The van der Waals surface area contributed by atoms with Crippen LogP contribution in [0.3, 0.4) is 0 Å². The average molecular weight is 175 g/mol. The van der Waals surface area contributed by atoms with Crippen LogP contribution >= 0.6 is 0 Å². The Morgan fingerprint density at radius 3 is 2.92 bits per heavy atom. The van der Waals surface area contributed by atoms with Crippen LogP contribution < -0.4 is 5.73 Å². The van der Waals surface area contributed by atoms with Crippen LogP contribution in [-0.2, 0) is 7.05 Å². The summed E-state index contributed by atoms with van der Waals surface area (Å²) in [5.74, 6) is 0. The Morgan fingerprint density at radius 2 is 2.23 bits per heavy atom. The molecule has 3 nitrogen and oxygen atoms in total. The van der Waals surface area contributed by atoms with Crippen molar-refractivity contribution < 1.29 is 0 Å². The molecule has 0 radical (unpaired) electrons. The highest BCUT2D eigenvalue weighted by atomic mass is 15.2. The summed E-state index contributed by atoms with van der Waals surface area (Å²) in [6.07, 6.45) is 2.00. The van der Waals surface area contributed by atoms with Crippen LogP contribution in [0.4, 0.5) is 0 Å². The maximum atomic E-state index is 5.84. The molecule has 0 aliphatic carbocycles. The number of hydrogen-bond acceptors (Lipinski definition) is 2. The van der Waals surface area contributed by atoms with Crippen molar-refractivity contribution >= 4 is 10.9 Å². The molecule has 1 aromatic heterocycles. The molecule has 0 bridgehead atoms. The summed E-state index contributed by atoms with van der Waals surface area (Å²) < 4.78 is 1.82. The first-order chi connectivity index (χ1) is 6.18. The van der Waals surface area contributed by atoms with Gasteiger partial charge in [0.15, 0.2) is 0 Å². The van der Waals surface area contributed by atoms with Gasteiger partial charge in [-0.15, -0.1) is 0 Å². The molecule has 0 aliphatic rings. The van der Waals surface area contributed by atoms with Crippen LogP contribution in [0.25, 0.3) is 10.9 Å². The number of fused-ring (bicyclic) bond motifs is 1. The van der Waals surface area contributed by atoms with E-state index >= 15 is 0 Å². The molecule has 2 N–H and O–H groups in total. The molecule has 1 atom stereocenters. The lowest BCUT2D eigenvalue weighted by Crippen LogP contribution is -2.05. The molecule has 0 fully saturated rings. The van der Waals surface area contributed by atoms with Gasteiger partial charge in [-0.3, -0.25) is 4.68 Å². The van der Waals surface area contributed by atoms with Gasteiger partial charge < -0.3 is 5.73 Å². The molecule has 0 unspecified atom stereocenters. The van der Waals surface area contributed by atoms with E-state index in [0.29, 0.717) is 0 Å². The van der Waals surface area contributed by atoms with Crippen LogP contribution in [-0.4, -0.2) is 9.78 Å². The number of aromatic nitrogens is 2. The zero-order valence-electron chi connectivity index (χ0n) is 7.86. The highest BCUT2D eigenvalue weighted by Crippen LogP contribution is 2.20. The molecule has 1 heterocycles. The number of benzene rings is 1. The fourth-order valence-corrected chi connectivity index (χ4v) is 1.55. The smallest absolute Gasteiger partial charge is 0.0970 e. The summed E-state index contributed by atoms with van der Waals surface area (Å²) in [6, 6.07) is 6.13. The van der Waals surface area contributed by atoms with Crippen molar-refractivity contribution in [3.63, 3.8) is 0 Å². The van der Waals surface area contributed by atoms with E-state index < -0.39 is 0 Å². The zero-order valence-corrected chi connectivity index (χ0v) is 7.86. The van der Waals surface area contributed by atoms with Crippen molar-refractivity contribution in [2.75, 3.05) is 0 Å². The van der Waals surface area contributed by atoms with E-state index in [2.05, 4.69) is 5.10 Å². The Balaban J connectivity index is 2.75. The first-order valence-electron chi connectivity index (χ1n) is 4.36. The van der Waals surface area contributed by atoms with Gasteiger partial charge in [-0.05, 0) is 12.5 Å². The molecule has 1 aromatic carbocycles. The fraction of sp³-hybridized carbons (Fsp3) is 0.300. The summed E-state index contributed by atoms with van der Waals surface area (Å²) in [6.45, 7) is 1.98. The minimum absolute atomic E-state index is 0.0404. The molecular weight excluding hydrogens is 162 g/mol. The minimum Gasteiger partial charge on any atom is -0.324 e. The second kappa shape index (κ2) is 2.85. The molecule has 13 heavy (non-hydrogen) atoms. The molecule has 0 spiro atoms. The third-order valence-corrected chi connectivity index (χ3v) is 2.17. The van der Waals surface area contributed by atoms with E-state index in [-0.39, 0.29) is 6.04 Å². The third kappa shape index (κ3) is 1.31. The van der Waals surface area contributed by atoms with E-state index in [9.17, 15) is 0 Å². The first-order valence-corrected chi connectivity index (χ1v) is 4.36. The Hall–Kier alpha value is -1.35. The Bertz CT molecular complexity index is 429. The van der Waals surface area contributed by atoms with Crippen molar-refractivity contribution in [1.29, 1.82) is 0 Å². The van der Waals surface area contributed by atoms with Crippen molar-refractivity contribution in [3.8, 4) is 0 Å². The lowest BCUT2D eigenvalue weighted by molar-refractivity contribution is 0.769. The van der Waals surface area contributed by atoms with Gasteiger partial charge in [0.25, 0.3) is 0 Å². The lowest BCUT2D eigenvalue weighted by Gasteiger charge is -2.04. The number of rotatable bonds is 1. The van der Waals surface area contributed by atoms with Crippen LogP contribution in [0, 0.1) is 0 Å². The number of nitrogens with two attached hydrogens (primary N) is 1. The Morgan fingerprint density at radius 1 is 1.46 bits per heavy atom. The fourth-order valence-electron chi connectivity index (χ4n) is 1.55. The monoisotopic (exact) mass is 175 g/mol. The van der Waals surface area contributed by atoms with Crippen LogP contribution in [0.5, 0.6) is 0 Å². The molecule has 0 saturated carbocycles. The predicted molar refractivity (Wildman–Crippen MR) is 53.3 cm³/mol. The largest absolute Gasteiger partial charge is 0.324 e. The Labute approximate surface area is 77.2 Å². The molecular formula is C10H13N3. The SMILES string of the molecule is C[C@@H](N)c1cccc2cn(C)nc12. The predicted octanol–water partition coefficient (Wildman–Crippen LogP) is 1.59. The number of nitrogens with zero attached hydrogens (tertiary/aromatic N) is 2. The van der Waals surface area contributed by atoms with Gasteiger partial charge in [-0.2, -0.15) is 5.10 Å². The van der Waals surface area contributed by atoms with E-state index in [1.165, 1.54) is 0 Å². The Kier molecular flexibility index (Phi) is 1.81. The third-order valence-electron chi connectivity index (χ3n) is 2.17. The van der Waals surface area contributed by atoms with Gasteiger partial charge in [0.2, 0.25) is 0 Å². The van der Waals surface area contributed by atoms with E-state index in [1.54, 1.807) is 0 Å². The maximum absolute atomic E-state index is 5.84. The second-order valence-corrected chi connectivity index (χ2v) is 3.38. The van der Waals surface area contributed by atoms with Gasteiger partial charge in [0.05, 0.1) is 5.52 Å². The minimum atomic E-state index is 0.0404. The van der Waals surface area contributed by atoms with Crippen molar-refractivity contribution in [2.24, 2.45) is 12.8 Å². The summed E-state index contributed by atoms with van der Waals surface area (Å²) in [5.41, 5.74) is 7.96. The highest BCUT2D eigenvalue weighted by molar-refractivity contribution is 5.81. The number of aryl methyl sites for hydroxylation is 1. The lowest BCUT2D eigenvalue weighted by atomic mass is 10.1. The van der Waals surface area contributed by atoms with Gasteiger partial charge in [0, 0.05) is 24.7 Å². The van der Waals surface area contributed by atoms with E-state index in [1.807, 2.05) is 43.0 Å². The second-order valence-electron chi connectivity index (χ2n) is 3.38. The molecule has 0 amide bonds. The standard InChI is InChI=1S/C10H13N3/c1-7(11)9-5-3-4-8-6-13(2)12-10(8)9/h3-7H,11H2,1-2H3/t7-/m1/s1. The summed E-state index contributed by atoms with van der Waals surface area (Å²) in [7, 11) is 1.92. The zero-order chi connectivity index (χ0) is 9.42. The molecule has 2 aromatic rings. The first kappa shape index (κ1) is 8.26.